The Morgan fingerprint density at radius 1 is 0.683 bits per heavy atom. The number of rotatable bonds is 16. The van der Waals surface area contributed by atoms with Gasteiger partial charge in [-0.05, 0) is 39.5 Å². The molecule has 0 fully saturated rings. The number of nitrogen functional groups attached to an aromatic ring is 2. The number of carbonyl (C=O) groups excluding carboxylic acids is 2. The van der Waals surface area contributed by atoms with Crippen LogP contribution in [0.4, 0.5) is 34.6 Å². The van der Waals surface area contributed by atoms with Gasteiger partial charge in [0, 0.05) is 29.1 Å². The molecule has 0 saturated heterocycles. The number of hydrogen-bond acceptors (Lipinski definition) is 22. The Labute approximate surface area is 348 Å². The summed E-state index contributed by atoms with van der Waals surface area (Å²) < 4.78 is 23.9. The number of aryl methyl sites for hydroxylation is 4. The first-order valence-electron chi connectivity index (χ1n) is 18.4. The van der Waals surface area contributed by atoms with Crippen molar-refractivity contribution in [3.63, 3.8) is 0 Å². The topological polar surface area (TPSA) is 303 Å². The van der Waals surface area contributed by atoms with Crippen LogP contribution < -0.4 is 11.5 Å². The molecule has 0 amide bonds. The Morgan fingerprint density at radius 2 is 1.12 bits per heavy atom. The maximum atomic E-state index is 12.7. The lowest BCUT2D eigenvalue weighted by atomic mass is 10.2. The molecule has 7 rings (SSSR count). The number of nitrogens with zero attached hydrogens (tertiary/aromatic N) is 18. The summed E-state index contributed by atoms with van der Waals surface area (Å²) in [5.41, 5.74) is 15.2. The SMILES string of the molecule is CCCCc1nn(-c2cc(-n3nc(CCCC)c(/N=N/c4c(C(=O)OC)cnn4-c4nc(C)ns4)c3N)ncn2)c(N)c1/N=N/c1c(C(=O)OC)cnn1-c1nc(C)ns1. The van der Waals surface area contributed by atoms with E-state index in [-0.39, 0.29) is 57.4 Å². The highest BCUT2D eigenvalue weighted by Gasteiger charge is 2.26. The van der Waals surface area contributed by atoms with Crippen molar-refractivity contribution in [3.8, 4) is 21.9 Å². The summed E-state index contributed by atoms with van der Waals surface area (Å²) in [5, 5.41) is 36.8. The highest BCUT2D eigenvalue weighted by Crippen LogP contribution is 2.36. The number of methoxy groups -OCH3 is 2. The van der Waals surface area contributed by atoms with Crippen LogP contribution in [0.3, 0.4) is 0 Å². The van der Waals surface area contributed by atoms with Crippen LogP contribution in [-0.4, -0.2) is 94.0 Å². The van der Waals surface area contributed by atoms with Crippen molar-refractivity contribution < 1.29 is 19.1 Å². The molecule has 7 heterocycles. The highest BCUT2D eigenvalue weighted by atomic mass is 32.1. The number of azo groups is 2. The van der Waals surface area contributed by atoms with Gasteiger partial charge in [0.25, 0.3) is 0 Å². The highest BCUT2D eigenvalue weighted by molar-refractivity contribution is 7.08. The molecule has 0 aliphatic carbocycles. The van der Waals surface area contributed by atoms with Gasteiger partial charge >= 0.3 is 11.9 Å². The van der Waals surface area contributed by atoms with Gasteiger partial charge in [0.05, 0.1) is 38.0 Å². The van der Waals surface area contributed by atoms with Gasteiger partial charge in [0.1, 0.15) is 29.1 Å². The number of ether oxygens (including phenoxy) is 2. The van der Waals surface area contributed by atoms with E-state index >= 15 is 0 Å². The molecule has 310 valence electrons. The van der Waals surface area contributed by atoms with E-state index in [0.29, 0.717) is 46.1 Å². The summed E-state index contributed by atoms with van der Waals surface area (Å²) in [6.45, 7) is 7.57. The number of nitrogens with two attached hydrogens (primary N) is 2. The average Bonchev–Trinajstić information content (AvgIpc) is 4.12. The van der Waals surface area contributed by atoms with Gasteiger partial charge in [-0.15, -0.1) is 20.5 Å². The van der Waals surface area contributed by atoms with Crippen LogP contribution in [0.15, 0.2) is 45.2 Å². The Balaban J connectivity index is 1.28. The third kappa shape index (κ3) is 8.08. The summed E-state index contributed by atoms with van der Waals surface area (Å²) in [6, 6.07) is 1.60. The molecule has 0 aromatic carbocycles. The fraction of sp³-hybridized carbons (Fsp3) is 0.353. The van der Waals surface area contributed by atoms with E-state index < -0.39 is 11.9 Å². The smallest absolute Gasteiger partial charge is 0.343 e. The lowest BCUT2D eigenvalue weighted by molar-refractivity contribution is 0.0592. The van der Waals surface area contributed by atoms with Gasteiger partial charge in [0.15, 0.2) is 46.3 Å². The van der Waals surface area contributed by atoms with Crippen molar-refractivity contribution in [1.29, 1.82) is 0 Å². The van der Waals surface area contributed by atoms with Gasteiger partial charge in [-0.1, -0.05) is 26.7 Å². The van der Waals surface area contributed by atoms with E-state index in [0.717, 1.165) is 48.7 Å². The molecular formula is C34H38N20O4S2. The zero-order valence-electron chi connectivity index (χ0n) is 33.2. The molecule has 26 heteroatoms. The molecule has 7 aromatic heterocycles. The van der Waals surface area contributed by atoms with E-state index in [2.05, 4.69) is 59.3 Å². The molecule has 0 aliphatic heterocycles. The van der Waals surface area contributed by atoms with Crippen LogP contribution in [0.1, 0.15) is 83.3 Å². The van der Waals surface area contributed by atoms with Gasteiger partial charge in [-0.2, -0.15) is 47.9 Å². The molecule has 0 spiro atoms. The van der Waals surface area contributed by atoms with Crippen molar-refractivity contribution in [1.82, 2.24) is 67.8 Å². The van der Waals surface area contributed by atoms with Crippen LogP contribution in [-0.2, 0) is 22.3 Å². The average molecular weight is 855 g/mol. The quantitative estimate of drug-likeness (QED) is 0.0858. The molecular weight excluding hydrogens is 817 g/mol. The van der Waals surface area contributed by atoms with Crippen LogP contribution in [0.25, 0.3) is 21.9 Å². The van der Waals surface area contributed by atoms with Crippen molar-refractivity contribution in [2.24, 2.45) is 20.5 Å². The standard InChI is InChI=1S/C34H38N20O4S2/c1-7-9-11-21-25(43-45-29-19(31(55)57-5)14-39-53(29)33-41-17(3)49-59-33)27(35)51(47-21)23-13-24(38-16-37-23)52-28(36)26(22(48-52)12-10-8-2)44-46-30-20(32(56)58-6)15-40-54(30)34-42-18(4)50-60-34/h13-16H,7-12,35-36H2,1-6H3/b45-43+,46-44+. The molecule has 0 bridgehead atoms. The molecule has 0 unspecified atom stereocenters. The maximum absolute atomic E-state index is 12.7. The minimum absolute atomic E-state index is 0.0612. The number of hydrogen-bond donors (Lipinski definition) is 2. The fourth-order valence-electron chi connectivity index (χ4n) is 5.70. The van der Waals surface area contributed by atoms with Crippen molar-refractivity contribution in [2.75, 3.05) is 25.7 Å². The summed E-state index contributed by atoms with van der Waals surface area (Å²) in [5.74, 6) is 0.624. The molecule has 60 heavy (non-hydrogen) atoms. The van der Waals surface area contributed by atoms with Gasteiger partial charge < -0.3 is 20.9 Å². The molecule has 0 radical (unpaired) electrons. The summed E-state index contributed by atoms with van der Waals surface area (Å²) >= 11 is 2.16. The second-order valence-corrected chi connectivity index (χ2v) is 14.3. The Bertz CT molecular complexity index is 2560. The van der Waals surface area contributed by atoms with Crippen molar-refractivity contribution >= 4 is 69.6 Å². The summed E-state index contributed by atoms with van der Waals surface area (Å²) in [6.07, 6.45) is 8.25. The van der Waals surface area contributed by atoms with E-state index in [9.17, 15) is 9.59 Å². The van der Waals surface area contributed by atoms with E-state index in [4.69, 9.17) is 31.1 Å². The lowest BCUT2D eigenvalue weighted by Gasteiger charge is -2.06. The van der Waals surface area contributed by atoms with E-state index in [1.807, 2.05) is 13.8 Å². The summed E-state index contributed by atoms with van der Waals surface area (Å²) in [7, 11) is 2.51. The zero-order chi connectivity index (χ0) is 42.5. The van der Waals surface area contributed by atoms with Gasteiger partial charge in [-0.3, -0.25) is 0 Å². The van der Waals surface area contributed by atoms with Gasteiger partial charge in [-0.25, -0.2) is 29.5 Å². The van der Waals surface area contributed by atoms with Crippen LogP contribution in [0.2, 0.25) is 0 Å². The van der Waals surface area contributed by atoms with E-state index in [1.165, 1.54) is 51.7 Å². The lowest BCUT2D eigenvalue weighted by Crippen LogP contribution is -2.09. The first-order chi connectivity index (χ1) is 29.1. The predicted octanol–water partition coefficient (Wildman–Crippen LogP) is 5.79. The monoisotopic (exact) mass is 854 g/mol. The molecule has 24 nitrogen and oxygen atoms in total. The first-order valence-corrected chi connectivity index (χ1v) is 20.0. The molecule has 0 aliphatic rings. The molecule has 7 aromatic rings. The second-order valence-electron chi connectivity index (χ2n) is 12.8. The number of carbonyl (C=O) groups is 2. The number of unbranched alkanes of at least 4 members (excludes halogenated alkanes) is 2. The molecule has 0 atom stereocenters. The van der Waals surface area contributed by atoms with Crippen molar-refractivity contribution in [2.45, 2.75) is 66.2 Å². The second kappa shape index (κ2) is 17.7. The van der Waals surface area contributed by atoms with Crippen LogP contribution >= 0.6 is 23.1 Å². The molecule has 0 saturated carbocycles. The molecule has 4 N–H and O–H groups in total. The predicted molar refractivity (Wildman–Crippen MR) is 217 cm³/mol. The number of anilines is 2. The fourth-order valence-corrected chi connectivity index (χ4v) is 6.98. The van der Waals surface area contributed by atoms with Crippen LogP contribution in [0.5, 0.6) is 0 Å². The Kier molecular flexibility index (Phi) is 12.1. The first kappa shape index (κ1) is 41.0. The van der Waals surface area contributed by atoms with Crippen LogP contribution in [0, 0.1) is 13.8 Å². The third-order valence-corrected chi connectivity index (χ3v) is 10.3. The zero-order valence-corrected chi connectivity index (χ0v) is 34.8. The Morgan fingerprint density at radius 3 is 1.48 bits per heavy atom. The van der Waals surface area contributed by atoms with Gasteiger partial charge in [0.2, 0.25) is 10.3 Å². The minimum atomic E-state index is -0.666. The summed E-state index contributed by atoms with van der Waals surface area (Å²) in [4.78, 5) is 43.1. The third-order valence-electron chi connectivity index (χ3n) is 8.72. The van der Waals surface area contributed by atoms with E-state index in [1.54, 1.807) is 19.9 Å². The number of esters is 2. The maximum Gasteiger partial charge on any atom is 0.343 e. The Hall–Kier alpha value is -7.22. The largest absolute Gasteiger partial charge is 0.465 e. The minimum Gasteiger partial charge on any atom is -0.465 e. The normalized spacial score (nSPS) is 11.7. The number of aromatic nitrogens is 14. The van der Waals surface area contributed by atoms with Crippen molar-refractivity contribution in [3.05, 3.63) is 59.0 Å².